The van der Waals surface area contributed by atoms with Crippen LogP contribution in [0.3, 0.4) is 0 Å². The number of hydrogen-bond acceptors (Lipinski definition) is 4. The minimum atomic E-state index is -0.565. The molecule has 0 aliphatic carbocycles. The monoisotopic (exact) mass is 273 g/mol. The van der Waals surface area contributed by atoms with Crippen LogP contribution >= 0.6 is 11.8 Å². The molecule has 2 N–H and O–H groups in total. The number of thioether (sulfide) groups is 1. The Balaban J connectivity index is 1.79. The van der Waals surface area contributed by atoms with Crippen LogP contribution in [0.4, 0.5) is 0 Å². The lowest BCUT2D eigenvalue weighted by molar-refractivity contribution is -0.0729. The number of nitrogens with one attached hydrogen (secondary N) is 1. The van der Waals surface area contributed by atoms with E-state index in [0.717, 1.165) is 38.0 Å². The summed E-state index contributed by atoms with van der Waals surface area (Å²) in [5.41, 5.74) is -0.429. The lowest BCUT2D eigenvalue weighted by Crippen LogP contribution is -2.50. The fourth-order valence-corrected chi connectivity index (χ4v) is 4.43. The van der Waals surface area contributed by atoms with E-state index < -0.39 is 5.60 Å². The largest absolute Gasteiger partial charge is 0.389 e. The van der Waals surface area contributed by atoms with Gasteiger partial charge in [0.15, 0.2) is 0 Å². The van der Waals surface area contributed by atoms with Crippen LogP contribution in [0.5, 0.6) is 0 Å². The van der Waals surface area contributed by atoms with Gasteiger partial charge in [0.1, 0.15) is 0 Å². The van der Waals surface area contributed by atoms with E-state index in [-0.39, 0.29) is 5.60 Å². The van der Waals surface area contributed by atoms with Gasteiger partial charge < -0.3 is 15.2 Å². The average Bonchev–Trinajstić information content (AvgIpc) is 2.75. The zero-order valence-electron chi connectivity index (χ0n) is 11.7. The molecule has 0 aromatic heterocycles. The molecule has 2 heterocycles. The third-order valence-corrected chi connectivity index (χ3v) is 5.34. The molecule has 3 nitrogen and oxygen atoms in total. The third-order valence-electron chi connectivity index (χ3n) is 4.12. The second-order valence-electron chi connectivity index (χ2n) is 6.15. The van der Waals surface area contributed by atoms with Gasteiger partial charge in [-0.1, -0.05) is 13.3 Å². The molecule has 2 saturated heterocycles. The molecule has 0 aromatic carbocycles. The first-order valence-corrected chi connectivity index (χ1v) is 8.38. The van der Waals surface area contributed by atoms with Crippen molar-refractivity contribution < 1.29 is 9.84 Å². The van der Waals surface area contributed by atoms with E-state index in [1.54, 1.807) is 0 Å². The van der Waals surface area contributed by atoms with Crippen LogP contribution in [0.25, 0.3) is 0 Å². The van der Waals surface area contributed by atoms with Gasteiger partial charge in [-0.05, 0) is 38.4 Å². The topological polar surface area (TPSA) is 41.5 Å². The number of hydrogen-bond donors (Lipinski definition) is 2. The Morgan fingerprint density at radius 3 is 3.06 bits per heavy atom. The SMILES string of the molecule is CCCC(C)(O)CNC1CCOC2(CCSC2)C1. The summed E-state index contributed by atoms with van der Waals surface area (Å²) in [4.78, 5) is 0. The van der Waals surface area contributed by atoms with Crippen molar-refractivity contribution in [2.45, 2.75) is 63.2 Å². The van der Waals surface area contributed by atoms with Gasteiger partial charge in [0.25, 0.3) is 0 Å². The van der Waals surface area contributed by atoms with E-state index in [0.29, 0.717) is 12.6 Å². The lowest BCUT2D eigenvalue weighted by atomic mass is 9.89. The van der Waals surface area contributed by atoms with Gasteiger partial charge in [0.05, 0.1) is 11.2 Å². The van der Waals surface area contributed by atoms with Gasteiger partial charge in [0.2, 0.25) is 0 Å². The van der Waals surface area contributed by atoms with Crippen molar-refractivity contribution >= 4 is 11.8 Å². The summed E-state index contributed by atoms with van der Waals surface area (Å²) in [6.07, 6.45) is 5.28. The Kier molecular flexibility index (Phi) is 4.98. The van der Waals surface area contributed by atoms with Crippen molar-refractivity contribution in [1.29, 1.82) is 0 Å². The standard InChI is InChI=1S/C14H27NO2S/c1-3-5-13(2,16)10-15-12-4-7-17-14(9-12)6-8-18-11-14/h12,15-16H,3-11H2,1-2H3. The molecule has 0 amide bonds. The molecule has 2 rings (SSSR count). The van der Waals surface area contributed by atoms with Gasteiger partial charge in [-0.15, -0.1) is 0 Å². The molecule has 0 saturated carbocycles. The van der Waals surface area contributed by atoms with Crippen LogP contribution in [0.2, 0.25) is 0 Å². The molecular formula is C14H27NO2S. The van der Waals surface area contributed by atoms with E-state index >= 15 is 0 Å². The second-order valence-corrected chi connectivity index (χ2v) is 7.26. The Morgan fingerprint density at radius 2 is 2.39 bits per heavy atom. The molecular weight excluding hydrogens is 246 g/mol. The van der Waals surface area contributed by atoms with E-state index in [9.17, 15) is 5.11 Å². The predicted octanol–water partition coefficient (Wildman–Crippen LogP) is 2.18. The number of aliphatic hydroxyl groups is 1. The van der Waals surface area contributed by atoms with Crippen molar-refractivity contribution in [2.75, 3.05) is 24.7 Å². The van der Waals surface area contributed by atoms with Crippen molar-refractivity contribution in [3.05, 3.63) is 0 Å². The first-order valence-electron chi connectivity index (χ1n) is 7.23. The van der Waals surface area contributed by atoms with E-state index in [1.165, 1.54) is 12.2 Å². The first-order chi connectivity index (χ1) is 8.55. The van der Waals surface area contributed by atoms with Gasteiger partial charge in [-0.25, -0.2) is 0 Å². The van der Waals surface area contributed by atoms with Gasteiger partial charge in [0, 0.05) is 24.9 Å². The van der Waals surface area contributed by atoms with Gasteiger partial charge in [-0.2, -0.15) is 11.8 Å². The maximum Gasteiger partial charge on any atom is 0.0795 e. The Morgan fingerprint density at radius 1 is 1.56 bits per heavy atom. The van der Waals surface area contributed by atoms with Crippen LogP contribution in [0.1, 0.15) is 46.0 Å². The highest BCUT2D eigenvalue weighted by molar-refractivity contribution is 7.99. The lowest BCUT2D eigenvalue weighted by Gasteiger charge is -2.39. The second kappa shape index (κ2) is 6.12. The molecule has 2 fully saturated rings. The van der Waals surface area contributed by atoms with Crippen molar-refractivity contribution in [1.82, 2.24) is 5.32 Å². The van der Waals surface area contributed by atoms with Crippen LogP contribution in [0, 0.1) is 0 Å². The third kappa shape index (κ3) is 3.86. The number of rotatable bonds is 5. The van der Waals surface area contributed by atoms with Crippen LogP contribution in [-0.2, 0) is 4.74 Å². The molecule has 0 aromatic rings. The highest BCUT2D eigenvalue weighted by Crippen LogP contribution is 2.38. The van der Waals surface area contributed by atoms with Crippen LogP contribution in [-0.4, -0.2) is 47.0 Å². The van der Waals surface area contributed by atoms with Crippen molar-refractivity contribution in [2.24, 2.45) is 0 Å². The van der Waals surface area contributed by atoms with Crippen molar-refractivity contribution in [3.8, 4) is 0 Å². The van der Waals surface area contributed by atoms with Crippen LogP contribution < -0.4 is 5.32 Å². The minimum Gasteiger partial charge on any atom is -0.389 e. The zero-order valence-corrected chi connectivity index (χ0v) is 12.5. The highest BCUT2D eigenvalue weighted by atomic mass is 32.2. The smallest absolute Gasteiger partial charge is 0.0795 e. The Hall–Kier alpha value is 0.230. The summed E-state index contributed by atoms with van der Waals surface area (Å²) >= 11 is 2.01. The molecule has 18 heavy (non-hydrogen) atoms. The van der Waals surface area contributed by atoms with Gasteiger partial charge in [-0.3, -0.25) is 0 Å². The summed E-state index contributed by atoms with van der Waals surface area (Å²) < 4.78 is 6.01. The highest BCUT2D eigenvalue weighted by Gasteiger charge is 2.40. The molecule has 106 valence electrons. The summed E-state index contributed by atoms with van der Waals surface area (Å²) in [6, 6.07) is 0.515. The zero-order chi connectivity index (χ0) is 13.1. The van der Waals surface area contributed by atoms with Crippen LogP contribution in [0.15, 0.2) is 0 Å². The summed E-state index contributed by atoms with van der Waals surface area (Å²) in [6.45, 7) is 5.63. The fraction of sp³-hybridized carbons (Fsp3) is 1.00. The molecule has 3 unspecified atom stereocenters. The molecule has 4 heteroatoms. The fourth-order valence-electron chi connectivity index (χ4n) is 3.06. The minimum absolute atomic E-state index is 0.136. The Labute approximate surface area is 115 Å². The quantitative estimate of drug-likeness (QED) is 0.805. The molecule has 2 aliphatic rings. The molecule has 1 spiro atoms. The summed E-state index contributed by atoms with van der Waals surface area (Å²) in [5.74, 6) is 2.39. The molecule has 0 bridgehead atoms. The van der Waals surface area contributed by atoms with E-state index in [4.69, 9.17) is 4.74 Å². The first kappa shape index (κ1) is 14.6. The van der Waals surface area contributed by atoms with Crippen molar-refractivity contribution in [3.63, 3.8) is 0 Å². The molecule has 2 aliphatic heterocycles. The molecule has 3 atom stereocenters. The van der Waals surface area contributed by atoms with Gasteiger partial charge >= 0.3 is 0 Å². The van der Waals surface area contributed by atoms with E-state index in [2.05, 4.69) is 12.2 Å². The summed E-state index contributed by atoms with van der Waals surface area (Å²) in [5, 5.41) is 13.8. The maximum absolute atomic E-state index is 10.2. The summed E-state index contributed by atoms with van der Waals surface area (Å²) in [7, 11) is 0. The normalized spacial score (nSPS) is 35.8. The Bertz CT molecular complexity index is 265. The predicted molar refractivity (Wildman–Crippen MR) is 77.2 cm³/mol. The average molecular weight is 273 g/mol. The molecule has 0 radical (unpaired) electrons. The van der Waals surface area contributed by atoms with E-state index in [1.807, 2.05) is 18.7 Å². The maximum atomic E-state index is 10.2. The number of ether oxygens (including phenoxy) is 1.